The van der Waals surface area contributed by atoms with Crippen molar-refractivity contribution < 1.29 is 4.84 Å². The van der Waals surface area contributed by atoms with E-state index in [1.807, 2.05) is 48.5 Å². The van der Waals surface area contributed by atoms with E-state index in [9.17, 15) is 0 Å². The fourth-order valence-corrected chi connectivity index (χ4v) is 1.51. The second-order valence-corrected chi connectivity index (χ2v) is 3.74. The number of hydrogen-bond acceptors (Lipinski definition) is 3. The van der Waals surface area contributed by atoms with Crippen LogP contribution in [0, 0.1) is 0 Å². The molecule has 0 saturated heterocycles. The van der Waals surface area contributed by atoms with Crippen LogP contribution in [-0.4, -0.2) is 11.5 Å². The summed E-state index contributed by atoms with van der Waals surface area (Å²) in [4.78, 5) is 9.60. The highest BCUT2D eigenvalue weighted by Crippen LogP contribution is 1.99. The van der Waals surface area contributed by atoms with Gasteiger partial charge in [0.1, 0.15) is 0 Å². The molecule has 17 heavy (non-hydrogen) atoms. The molecule has 2 aromatic rings. The minimum absolute atomic E-state index is 0.586. The van der Waals surface area contributed by atoms with Crippen LogP contribution in [0.1, 0.15) is 11.3 Å². The molecule has 1 aromatic heterocycles. The van der Waals surface area contributed by atoms with E-state index in [1.54, 1.807) is 6.20 Å². The molecule has 0 aliphatic carbocycles. The van der Waals surface area contributed by atoms with E-state index in [0.29, 0.717) is 6.61 Å². The van der Waals surface area contributed by atoms with Crippen molar-refractivity contribution in [2.45, 2.75) is 13.0 Å². The van der Waals surface area contributed by atoms with Gasteiger partial charge >= 0.3 is 0 Å². The molecule has 1 aromatic carbocycles. The van der Waals surface area contributed by atoms with E-state index in [4.69, 9.17) is 4.84 Å². The van der Waals surface area contributed by atoms with E-state index in [1.165, 1.54) is 0 Å². The topological polar surface area (TPSA) is 34.1 Å². The lowest BCUT2D eigenvalue weighted by Crippen LogP contribution is -2.18. The van der Waals surface area contributed by atoms with Crippen LogP contribution < -0.4 is 5.48 Å². The van der Waals surface area contributed by atoms with Crippen LogP contribution in [0.5, 0.6) is 0 Å². The van der Waals surface area contributed by atoms with E-state index in [0.717, 1.165) is 24.2 Å². The zero-order valence-corrected chi connectivity index (χ0v) is 9.67. The number of rotatable bonds is 6. The van der Waals surface area contributed by atoms with Gasteiger partial charge in [-0.1, -0.05) is 36.4 Å². The van der Waals surface area contributed by atoms with E-state index in [2.05, 4.69) is 10.5 Å². The van der Waals surface area contributed by atoms with Crippen LogP contribution in [0.25, 0.3) is 0 Å². The largest absolute Gasteiger partial charge is 0.297 e. The fourth-order valence-electron chi connectivity index (χ4n) is 1.51. The number of pyridine rings is 1. The second-order valence-electron chi connectivity index (χ2n) is 3.74. The van der Waals surface area contributed by atoms with Gasteiger partial charge in [0.25, 0.3) is 0 Å². The third-order valence-electron chi connectivity index (χ3n) is 2.39. The molecular weight excluding hydrogens is 212 g/mol. The van der Waals surface area contributed by atoms with Gasteiger partial charge in [-0.2, -0.15) is 0 Å². The maximum atomic E-state index is 5.36. The smallest absolute Gasteiger partial charge is 0.0933 e. The van der Waals surface area contributed by atoms with Crippen molar-refractivity contribution >= 4 is 0 Å². The Balaban J connectivity index is 1.61. The van der Waals surface area contributed by atoms with E-state index in [-0.39, 0.29) is 0 Å². The summed E-state index contributed by atoms with van der Waals surface area (Å²) in [7, 11) is 0. The zero-order chi connectivity index (χ0) is 11.8. The van der Waals surface area contributed by atoms with Crippen molar-refractivity contribution in [3.63, 3.8) is 0 Å². The van der Waals surface area contributed by atoms with Gasteiger partial charge in [0, 0.05) is 24.9 Å². The Kier molecular flexibility index (Phi) is 4.69. The van der Waals surface area contributed by atoms with Gasteiger partial charge in [0.05, 0.1) is 6.61 Å². The lowest BCUT2D eigenvalue weighted by atomic mass is 10.2. The Bertz CT molecular complexity index is 375. The average Bonchev–Trinajstić information content (AvgIpc) is 2.41. The number of aromatic nitrogens is 1. The number of nitrogens with zero attached hydrogens (tertiary/aromatic N) is 1. The molecule has 3 heteroatoms. The molecule has 0 spiro atoms. The fraction of sp³-hybridized carbons (Fsp3) is 0.214. The molecule has 0 aliphatic rings. The van der Waals surface area contributed by atoms with Gasteiger partial charge in [0.2, 0.25) is 0 Å². The Morgan fingerprint density at radius 2 is 1.82 bits per heavy atom. The Morgan fingerprint density at radius 1 is 1.00 bits per heavy atom. The maximum absolute atomic E-state index is 5.36. The van der Waals surface area contributed by atoms with Gasteiger partial charge < -0.3 is 0 Å². The van der Waals surface area contributed by atoms with Gasteiger partial charge in [-0.05, 0) is 17.7 Å². The lowest BCUT2D eigenvalue weighted by molar-refractivity contribution is 0.0287. The molecule has 88 valence electrons. The van der Waals surface area contributed by atoms with Gasteiger partial charge in [-0.3, -0.25) is 9.82 Å². The van der Waals surface area contributed by atoms with Crippen molar-refractivity contribution in [2.24, 2.45) is 0 Å². The first-order chi connectivity index (χ1) is 8.45. The Morgan fingerprint density at radius 3 is 2.59 bits per heavy atom. The van der Waals surface area contributed by atoms with Crippen molar-refractivity contribution in [1.82, 2.24) is 10.5 Å². The monoisotopic (exact) mass is 228 g/mol. The quantitative estimate of drug-likeness (QED) is 0.608. The summed E-state index contributed by atoms with van der Waals surface area (Å²) in [5, 5.41) is 0. The number of hydrogen-bond donors (Lipinski definition) is 1. The summed E-state index contributed by atoms with van der Waals surface area (Å²) >= 11 is 0. The molecule has 0 amide bonds. The molecule has 3 nitrogen and oxygen atoms in total. The van der Waals surface area contributed by atoms with Gasteiger partial charge in [-0.15, -0.1) is 0 Å². The molecule has 0 unspecified atom stereocenters. The molecule has 0 bridgehead atoms. The van der Waals surface area contributed by atoms with E-state index >= 15 is 0 Å². The maximum Gasteiger partial charge on any atom is 0.0933 e. The van der Waals surface area contributed by atoms with Crippen LogP contribution in [0.4, 0.5) is 0 Å². The Hall–Kier alpha value is -1.71. The molecule has 2 rings (SSSR count). The highest BCUT2D eigenvalue weighted by atomic mass is 16.6. The zero-order valence-electron chi connectivity index (χ0n) is 9.67. The van der Waals surface area contributed by atoms with Gasteiger partial charge in [-0.25, -0.2) is 5.48 Å². The van der Waals surface area contributed by atoms with Crippen LogP contribution >= 0.6 is 0 Å². The van der Waals surface area contributed by atoms with Crippen LogP contribution in [0.2, 0.25) is 0 Å². The summed E-state index contributed by atoms with van der Waals surface area (Å²) in [6, 6.07) is 16.0. The molecule has 0 saturated carbocycles. The van der Waals surface area contributed by atoms with Crippen LogP contribution in [0.15, 0.2) is 54.7 Å². The third kappa shape index (κ3) is 4.34. The normalized spacial score (nSPS) is 10.4. The molecular formula is C14H16N2O. The van der Waals surface area contributed by atoms with Gasteiger partial charge in [0.15, 0.2) is 0 Å². The minimum atomic E-state index is 0.586. The predicted molar refractivity (Wildman–Crippen MR) is 67.2 cm³/mol. The first kappa shape index (κ1) is 11.8. The van der Waals surface area contributed by atoms with Crippen LogP contribution in [-0.2, 0) is 17.9 Å². The number of hydroxylamine groups is 1. The van der Waals surface area contributed by atoms with Crippen molar-refractivity contribution in [3.05, 3.63) is 66.0 Å². The summed E-state index contributed by atoms with van der Waals surface area (Å²) in [5.74, 6) is 0. The molecule has 1 N–H and O–H groups in total. The van der Waals surface area contributed by atoms with E-state index < -0.39 is 0 Å². The van der Waals surface area contributed by atoms with Crippen molar-refractivity contribution in [2.75, 3.05) is 6.54 Å². The van der Waals surface area contributed by atoms with Crippen molar-refractivity contribution in [1.29, 1.82) is 0 Å². The SMILES string of the molecule is c1ccc(CONCCc2ccccn2)cc1. The average molecular weight is 228 g/mol. The second kappa shape index (κ2) is 6.78. The molecule has 0 fully saturated rings. The first-order valence-electron chi connectivity index (χ1n) is 5.73. The lowest BCUT2D eigenvalue weighted by Gasteiger charge is -2.05. The Labute approximate surface area is 101 Å². The molecule has 0 radical (unpaired) electrons. The summed E-state index contributed by atoms with van der Waals surface area (Å²) < 4.78 is 0. The summed E-state index contributed by atoms with van der Waals surface area (Å²) in [5.41, 5.74) is 5.18. The molecule has 1 heterocycles. The first-order valence-corrected chi connectivity index (χ1v) is 5.73. The summed E-state index contributed by atoms with van der Waals surface area (Å²) in [6.07, 6.45) is 2.68. The predicted octanol–water partition coefficient (Wildman–Crippen LogP) is 2.35. The third-order valence-corrected chi connectivity index (χ3v) is 2.39. The molecule has 0 atom stereocenters. The minimum Gasteiger partial charge on any atom is -0.297 e. The molecule has 0 aliphatic heterocycles. The standard InChI is InChI=1S/C14H16N2O/c1-2-6-13(7-3-1)12-17-16-11-9-14-8-4-5-10-15-14/h1-8,10,16H,9,11-12H2. The van der Waals surface area contributed by atoms with Crippen LogP contribution in [0.3, 0.4) is 0 Å². The highest BCUT2D eigenvalue weighted by molar-refractivity contribution is 5.13. The van der Waals surface area contributed by atoms with Crippen molar-refractivity contribution in [3.8, 4) is 0 Å². The summed E-state index contributed by atoms with van der Waals surface area (Å²) in [6.45, 7) is 1.35. The highest BCUT2D eigenvalue weighted by Gasteiger charge is 1.94. The number of benzene rings is 1. The number of nitrogens with one attached hydrogen (secondary N) is 1.